The predicted molar refractivity (Wildman–Crippen MR) is 135 cm³/mol. The molecule has 6 nitrogen and oxygen atoms in total. The summed E-state index contributed by atoms with van der Waals surface area (Å²) in [7, 11) is 2.15. The van der Waals surface area contributed by atoms with Crippen LogP contribution in [-0.4, -0.2) is 53.2 Å². The molecular formula is C26H26ClN5O. The topological polar surface area (TPSA) is 64.5 Å². The van der Waals surface area contributed by atoms with E-state index in [4.69, 9.17) is 16.6 Å². The van der Waals surface area contributed by atoms with Crippen molar-refractivity contribution in [3.05, 3.63) is 77.4 Å². The standard InChI is InChI=1S/C26H26ClN5O/c1-31-11-13-32(14-12-31)21-9-10-23(22(27)15-21)29-26-28-16-19-7-8-20(17-33)24(25(19)30-26)18-5-3-2-4-6-18/h2-10,15-16,33H,11-14,17H2,1H3,(H,28,29,30). The Kier molecular flexibility index (Phi) is 6.13. The fourth-order valence-electron chi connectivity index (χ4n) is 4.25. The van der Waals surface area contributed by atoms with E-state index in [1.807, 2.05) is 54.6 Å². The number of nitrogens with one attached hydrogen (secondary N) is 1. The summed E-state index contributed by atoms with van der Waals surface area (Å²) in [6.45, 7) is 4.00. The highest BCUT2D eigenvalue weighted by atomic mass is 35.5. The Morgan fingerprint density at radius 2 is 1.79 bits per heavy atom. The summed E-state index contributed by atoms with van der Waals surface area (Å²) in [5.74, 6) is 0.462. The summed E-state index contributed by atoms with van der Waals surface area (Å²) in [6.07, 6.45) is 1.80. The third-order valence-corrected chi connectivity index (χ3v) is 6.45. The fourth-order valence-corrected chi connectivity index (χ4v) is 4.47. The van der Waals surface area contributed by atoms with Crippen molar-refractivity contribution in [3.63, 3.8) is 0 Å². The lowest BCUT2D eigenvalue weighted by atomic mass is 9.97. The van der Waals surface area contributed by atoms with Crippen LogP contribution in [-0.2, 0) is 6.61 Å². The zero-order valence-corrected chi connectivity index (χ0v) is 19.3. The molecule has 2 N–H and O–H groups in total. The van der Waals surface area contributed by atoms with Crippen LogP contribution in [0.4, 0.5) is 17.3 Å². The molecule has 0 radical (unpaired) electrons. The monoisotopic (exact) mass is 459 g/mol. The van der Waals surface area contributed by atoms with Crippen molar-refractivity contribution in [1.29, 1.82) is 0 Å². The normalized spacial score (nSPS) is 14.6. The van der Waals surface area contributed by atoms with E-state index in [-0.39, 0.29) is 6.61 Å². The zero-order chi connectivity index (χ0) is 22.8. The second-order valence-corrected chi connectivity index (χ2v) is 8.74. The van der Waals surface area contributed by atoms with E-state index in [2.05, 4.69) is 33.2 Å². The molecule has 1 aliphatic rings. The van der Waals surface area contributed by atoms with E-state index < -0.39 is 0 Å². The number of anilines is 3. The highest BCUT2D eigenvalue weighted by Crippen LogP contribution is 2.33. The quantitative estimate of drug-likeness (QED) is 0.441. The number of piperazine rings is 1. The minimum Gasteiger partial charge on any atom is -0.392 e. The first-order chi connectivity index (χ1) is 16.1. The highest BCUT2D eigenvalue weighted by molar-refractivity contribution is 6.33. The van der Waals surface area contributed by atoms with Gasteiger partial charge in [-0.3, -0.25) is 0 Å². The van der Waals surface area contributed by atoms with Crippen LogP contribution < -0.4 is 10.2 Å². The minimum atomic E-state index is -0.0630. The van der Waals surface area contributed by atoms with Gasteiger partial charge in [-0.1, -0.05) is 54.1 Å². The maximum Gasteiger partial charge on any atom is 0.227 e. The number of aliphatic hydroxyl groups is 1. The minimum absolute atomic E-state index is 0.0630. The number of halogens is 1. The van der Waals surface area contributed by atoms with Crippen LogP contribution in [0.15, 0.2) is 66.9 Å². The molecule has 0 bridgehead atoms. The molecule has 4 aromatic rings. The van der Waals surface area contributed by atoms with Gasteiger partial charge in [0.2, 0.25) is 5.95 Å². The van der Waals surface area contributed by atoms with Crippen LogP contribution in [0.3, 0.4) is 0 Å². The molecule has 1 aromatic heterocycles. The molecular weight excluding hydrogens is 434 g/mol. The summed E-state index contributed by atoms with van der Waals surface area (Å²) >= 11 is 6.63. The van der Waals surface area contributed by atoms with Crippen LogP contribution in [0.25, 0.3) is 22.0 Å². The zero-order valence-electron chi connectivity index (χ0n) is 18.5. The van der Waals surface area contributed by atoms with E-state index in [1.54, 1.807) is 6.20 Å². The van der Waals surface area contributed by atoms with Crippen LogP contribution in [0, 0.1) is 0 Å². The van der Waals surface area contributed by atoms with Gasteiger partial charge in [0, 0.05) is 49.0 Å². The summed E-state index contributed by atoms with van der Waals surface area (Å²) < 4.78 is 0. The van der Waals surface area contributed by atoms with Crippen molar-refractivity contribution in [2.24, 2.45) is 0 Å². The van der Waals surface area contributed by atoms with Crippen LogP contribution >= 0.6 is 11.6 Å². The van der Waals surface area contributed by atoms with Crippen molar-refractivity contribution >= 4 is 39.8 Å². The van der Waals surface area contributed by atoms with Gasteiger partial charge < -0.3 is 20.2 Å². The van der Waals surface area contributed by atoms with Gasteiger partial charge in [-0.25, -0.2) is 9.97 Å². The first kappa shape index (κ1) is 21.6. The molecule has 1 aliphatic heterocycles. The van der Waals surface area contributed by atoms with Crippen molar-refractivity contribution in [3.8, 4) is 11.1 Å². The number of rotatable bonds is 5. The van der Waals surface area contributed by atoms with Crippen molar-refractivity contribution in [1.82, 2.24) is 14.9 Å². The average molecular weight is 460 g/mol. The Morgan fingerprint density at radius 1 is 1.00 bits per heavy atom. The molecule has 168 valence electrons. The van der Waals surface area contributed by atoms with E-state index in [9.17, 15) is 5.11 Å². The first-order valence-electron chi connectivity index (χ1n) is 11.1. The molecule has 7 heteroatoms. The van der Waals surface area contributed by atoms with Gasteiger partial charge in [0.25, 0.3) is 0 Å². The maximum absolute atomic E-state index is 9.95. The number of nitrogens with zero attached hydrogens (tertiary/aromatic N) is 4. The molecule has 2 heterocycles. The predicted octanol–water partition coefficient (Wildman–Crippen LogP) is 4.94. The Labute approximate surface area is 198 Å². The lowest BCUT2D eigenvalue weighted by Gasteiger charge is -2.34. The van der Waals surface area contributed by atoms with Crippen LogP contribution in [0.1, 0.15) is 5.56 Å². The lowest BCUT2D eigenvalue weighted by molar-refractivity contribution is 0.282. The molecule has 0 atom stereocenters. The number of benzene rings is 3. The largest absolute Gasteiger partial charge is 0.392 e. The molecule has 0 amide bonds. The summed E-state index contributed by atoms with van der Waals surface area (Å²) in [4.78, 5) is 14.0. The molecule has 1 saturated heterocycles. The van der Waals surface area contributed by atoms with E-state index in [0.29, 0.717) is 11.0 Å². The Morgan fingerprint density at radius 3 is 2.52 bits per heavy atom. The van der Waals surface area contributed by atoms with Crippen molar-refractivity contribution in [2.45, 2.75) is 6.61 Å². The third-order valence-electron chi connectivity index (χ3n) is 6.14. The Bertz CT molecular complexity index is 1270. The molecule has 1 fully saturated rings. The van der Waals surface area contributed by atoms with E-state index in [1.165, 1.54) is 0 Å². The second kappa shape index (κ2) is 9.35. The van der Waals surface area contributed by atoms with Gasteiger partial charge in [-0.2, -0.15) is 0 Å². The summed E-state index contributed by atoms with van der Waals surface area (Å²) in [6, 6.07) is 19.9. The Hall–Kier alpha value is -3.19. The number of hydrogen-bond donors (Lipinski definition) is 2. The SMILES string of the molecule is CN1CCN(c2ccc(Nc3ncc4ccc(CO)c(-c5ccccc5)c4n3)c(Cl)c2)CC1. The van der Waals surface area contributed by atoms with Crippen LogP contribution in [0.5, 0.6) is 0 Å². The smallest absolute Gasteiger partial charge is 0.227 e. The molecule has 0 saturated carbocycles. The number of hydrogen-bond acceptors (Lipinski definition) is 6. The maximum atomic E-state index is 9.95. The lowest BCUT2D eigenvalue weighted by Crippen LogP contribution is -2.44. The molecule has 5 rings (SSSR count). The van der Waals surface area contributed by atoms with E-state index in [0.717, 1.165) is 65.1 Å². The number of aromatic nitrogens is 2. The average Bonchev–Trinajstić information content (AvgIpc) is 2.85. The molecule has 0 aliphatic carbocycles. The second-order valence-electron chi connectivity index (χ2n) is 8.33. The number of likely N-dealkylation sites (N-methyl/N-ethyl adjacent to an activating group) is 1. The van der Waals surface area contributed by atoms with Gasteiger partial charge in [-0.05, 0) is 36.4 Å². The molecule has 33 heavy (non-hydrogen) atoms. The van der Waals surface area contributed by atoms with Crippen molar-refractivity contribution in [2.75, 3.05) is 43.4 Å². The van der Waals surface area contributed by atoms with Gasteiger partial charge in [-0.15, -0.1) is 0 Å². The van der Waals surface area contributed by atoms with Gasteiger partial charge in [0.05, 0.1) is 22.8 Å². The van der Waals surface area contributed by atoms with Crippen LogP contribution in [0.2, 0.25) is 5.02 Å². The molecule has 3 aromatic carbocycles. The fraction of sp³-hybridized carbons (Fsp3) is 0.231. The highest BCUT2D eigenvalue weighted by Gasteiger charge is 2.16. The number of fused-ring (bicyclic) bond motifs is 1. The van der Waals surface area contributed by atoms with E-state index >= 15 is 0 Å². The third kappa shape index (κ3) is 4.50. The molecule has 0 spiro atoms. The summed E-state index contributed by atoms with van der Waals surface area (Å²) in [5.41, 5.74) is 5.41. The van der Waals surface area contributed by atoms with Gasteiger partial charge in [0.1, 0.15) is 0 Å². The Balaban J connectivity index is 1.47. The first-order valence-corrected chi connectivity index (χ1v) is 11.4. The summed E-state index contributed by atoms with van der Waals surface area (Å²) in [5, 5.41) is 14.8. The van der Waals surface area contributed by atoms with Gasteiger partial charge in [0.15, 0.2) is 0 Å². The van der Waals surface area contributed by atoms with Crippen molar-refractivity contribution < 1.29 is 5.11 Å². The number of aliphatic hydroxyl groups excluding tert-OH is 1. The molecule has 0 unspecified atom stereocenters. The van der Waals surface area contributed by atoms with Gasteiger partial charge >= 0.3 is 0 Å².